The normalized spacial score (nSPS) is 29.4. The molecule has 3 unspecified atom stereocenters. The van der Waals surface area contributed by atoms with Crippen molar-refractivity contribution in [1.29, 1.82) is 0 Å². The topological polar surface area (TPSA) is 85.1 Å². The zero-order valence-electron chi connectivity index (χ0n) is 25.9. The van der Waals surface area contributed by atoms with Crippen molar-refractivity contribution in [2.75, 3.05) is 71.6 Å². The van der Waals surface area contributed by atoms with Crippen molar-refractivity contribution in [2.24, 2.45) is 20.9 Å². The summed E-state index contributed by atoms with van der Waals surface area (Å²) in [5, 5.41) is 3.57. The van der Waals surface area contributed by atoms with E-state index in [1.54, 1.807) is 26.7 Å². The summed E-state index contributed by atoms with van der Waals surface area (Å²) in [4.78, 5) is 22.2. The van der Waals surface area contributed by atoms with Gasteiger partial charge >= 0.3 is 0 Å². The van der Waals surface area contributed by atoms with Crippen molar-refractivity contribution >= 4 is 47.5 Å². The Kier molecular flexibility index (Phi) is 9.75. The SMILES string of the molecule is COC1=CC(N2CCC(N3CCN(CC4CC4)CC3)CC2)CCC1=NC1N=CC(Cl)C(Nc2ccccc2P(C)(C)=O)=N1. The standard InChI is InChI=1S/C32H47ClN7O2P/c1-42-29-20-25(39-14-12-24(13-15-39)40-18-16-38(17-19-40)22-23-8-9-23)10-11-27(29)36-32-34-21-26(33)31(37-32)35-28-6-4-5-7-30(28)43(2,3)41/h4-7,20-21,23-26,32H,8-19,22H2,1-3H3,(H,35,37). The molecule has 0 aromatic heterocycles. The Balaban J connectivity index is 1.06. The Morgan fingerprint density at radius 1 is 1.02 bits per heavy atom. The number of rotatable bonds is 8. The summed E-state index contributed by atoms with van der Waals surface area (Å²) in [6.45, 7) is 12.1. The molecule has 43 heavy (non-hydrogen) atoms. The second-order valence-corrected chi connectivity index (χ2v) is 16.7. The molecule has 11 heteroatoms. The molecule has 1 N–H and O–H groups in total. The molecule has 5 aliphatic rings. The number of alkyl halides is 1. The Hall–Kier alpha value is -2.03. The average molecular weight is 628 g/mol. The number of nitrogens with zero attached hydrogens (tertiary/aromatic N) is 6. The van der Waals surface area contributed by atoms with Gasteiger partial charge in [-0.15, -0.1) is 11.6 Å². The minimum absolute atomic E-state index is 0.364. The Morgan fingerprint density at radius 3 is 2.47 bits per heavy atom. The number of amidine groups is 1. The fourth-order valence-electron chi connectivity index (χ4n) is 6.87. The van der Waals surface area contributed by atoms with Crippen LogP contribution in [0.4, 0.5) is 5.69 Å². The molecule has 6 rings (SSSR count). The maximum atomic E-state index is 12.8. The summed E-state index contributed by atoms with van der Waals surface area (Å²) >= 11 is 6.55. The predicted octanol–water partition coefficient (Wildman–Crippen LogP) is 4.35. The number of piperazine rings is 1. The number of para-hydroxylation sites is 1. The van der Waals surface area contributed by atoms with Gasteiger partial charge in [0.25, 0.3) is 0 Å². The fraction of sp³-hybridized carbons (Fsp3) is 0.656. The van der Waals surface area contributed by atoms with E-state index in [0.29, 0.717) is 11.9 Å². The first-order chi connectivity index (χ1) is 20.8. The van der Waals surface area contributed by atoms with Gasteiger partial charge in [-0.25, -0.2) is 15.0 Å². The van der Waals surface area contributed by atoms with Gasteiger partial charge in [-0.05, 0) is 76.0 Å². The van der Waals surface area contributed by atoms with Gasteiger partial charge in [0.1, 0.15) is 24.1 Å². The Morgan fingerprint density at radius 2 is 1.77 bits per heavy atom. The number of ether oxygens (including phenoxy) is 1. The predicted molar refractivity (Wildman–Crippen MR) is 179 cm³/mol. The molecule has 3 heterocycles. The van der Waals surface area contributed by atoms with E-state index in [0.717, 1.165) is 60.4 Å². The lowest BCUT2D eigenvalue weighted by molar-refractivity contribution is 0.0502. The number of likely N-dealkylation sites (tertiary alicyclic amines) is 1. The third kappa shape index (κ3) is 7.80. The van der Waals surface area contributed by atoms with Crippen LogP contribution in [0.2, 0.25) is 0 Å². The van der Waals surface area contributed by atoms with E-state index in [4.69, 9.17) is 26.3 Å². The second-order valence-electron chi connectivity index (χ2n) is 13.0. The smallest absolute Gasteiger partial charge is 0.235 e. The highest BCUT2D eigenvalue weighted by Gasteiger charge is 2.33. The number of benzene rings is 1. The molecule has 3 aliphatic heterocycles. The summed E-state index contributed by atoms with van der Waals surface area (Å²) in [6, 6.07) is 8.67. The van der Waals surface area contributed by atoms with E-state index >= 15 is 0 Å². The lowest BCUT2D eigenvalue weighted by atomic mass is 9.94. The van der Waals surface area contributed by atoms with Crippen molar-refractivity contribution in [3.05, 3.63) is 36.1 Å². The monoisotopic (exact) mass is 627 g/mol. The number of piperidine rings is 1. The quantitative estimate of drug-likeness (QED) is 0.341. The van der Waals surface area contributed by atoms with Crippen LogP contribution in [-0.4, -0.2) is 122 Å². The number of halogens is 1. The molecular formula is C32H47ClN7O2P. The van der Waals surface area contributed by atoms with Crippen LogP contribution in [0.15, 0.2) is 51.1 Å². The van der Waals surface area contributed by atoms with Gasteiger partial charge in [-0.3, -0.25) is 9.80 Å². The van der Waals surface area contributed by atoms with E-state index in [2.05, 4.69) is 31.1 Å². The van der Waals surface area contributed by atoms with Gasteiger partial charge in [0.2, 0.25) is 6.29 Å². The molecule has 234 valence electrons. The Bertz CT molecular complexity index is 1310. The molecule has 0 bridgehead atoms. The van der Waals surface area contributed by atoms with E-state index < -0.39 is 18.8 Å². The average Bonchev–Trinajstić information content (AvgIpc) is 3.83. The molecule has 1 saturated carbocycles. The highest BCUT2D eigenvalue weighted by molar-refractivity contribution is 7.70. The summed E-state index contributed by atoms with van der Waals surface area (Å²) < 4.78 is 18.7. The summed E-state index contributed by atoms with van der Waals surface area (Å²) in [5.41, 5.74) is 1.64. The molecule has 0 amide bonds. The third-order valence-corrected chi connectivity index (χ3v) is 11.4. The molecule has 3 fully saturated rings. The van der Waals surface area contributed by atoms with Crippen molar-refractivity contribution < 1.29 is 9.30 Å². The lowest BCUT2D eigenvalue weighted by Crippen LogP contribution is -2.54. The van der Waals surface area contributed by atoms with Crippen LogP contribution in [0.5, 0.6) is 0 Å². The van der Waals surface area contributed by atoms with E-state index in [9.17, 15) is 4.57 Å². The van der Waals surface area contributed by atoms with Crippen LogP contribution in [0.1, 0.15) is 38.5 Å². The summed E-state index contributed by atoms with van der Waals surface area (Å²) in [5.74, 6) is 2.36. The fourth-order valence-corrected chi connectivity index (χ4v) is 8.20. The van der Waals surface area contributed by atoms with E-state index in [1.165, 1.54) is 58.4 Å². The molecule has 9 nitrogen and oxygen atoms in total. The molecule has 2 saturated heterocycles. The minimum Gasteiger partial charge on any atom is -0.495 e. The number of hydrogen-bond donors (Lipinski definition) is 1. The van der Waals surface area contributed by atoms with Crippen LogP contribution < -0.4 is 10.6 Å². The van der Waals surface area contributed by atoms with Crippen LogP contribution in [0.25, 0.3) is 0 Å². The number of anilines is 1. The molecule has 1 aromatic carbocycles. The lowest BCUT2D eigenvalue weighted by Gasteiger charge is -2.44. The first-order valence-corrected chi connectivity index (χ1v) is 19.0. The third-order valence-electron chi connectivity index (χ3n) is 9.51. The summed E-state index contributed by atoms with van der Waals surface area (Å²) in [7, 11) is -0.766. The highest BCUT2D eigenvalue weighted by atomic mass is 35.5. The number of allylic oxidation sites excluding steroid dienone is 1. The van der Waals surface area contributed by atoms with Gasteiger partial charge in [-0.1, -0.05) is 12.1 Å². The van der Waals surface area contributed by atoms with E-state index in [-0.39, 0.29) is 0 Å². The minimum atomic E-state index is -2.49. The summed E-state index contributed by atoms with van der Waals surface area (Å²) in [6.07, 6.45) is 10.5. The van der Waals surface area contributed by atoms with Crippen LogP contribution in [0, 0.1) is 5.92 Å². The van der Waals surface area contributed by atoms with Crippen LogP contribution in [-0.2, 0) is 9.30 Å². The molecule has 2 aliphatic carbocycles. The number of methoxy groups -OCH3 is 1. The molecule has 1 aromatic rings. The number of hydrogen-bond acceptors (Lipinski definition) is 9. The molecule has 0 radical (unpaired) electrons. The van der Waals surface area contributed by atoms with Crippen molar-refractivity contribution in [1.82, 2.24) is 14.7 Å². The first kappa shape index (κ1) is 31.0. The zero-order valence-corrected chi connectivity index (χ0v) is 27.5. The number of nitrogens with one attached hydrogen (secondary N) is 1. The van der Waals surface area contributed by atoms with Crippen LogP contribution >= 0.6 is 18.7 Å². The van der Waals surface area contributed by atoms with Crippen LogP contribution in [0.3, 0.4) is 0 Å². The zero-order chi connectivity index (χ0) is 30.0. The van der Waals surface area contributed by atoms with Gasteiger partial charge in [0.05, 0.1) is 18.5 Å². The van der Waals surface area contributed by atoms with Gasteiger partial charge in [0.15, 0.2) is 0 Å². The maximum absolute atomic E-state index is 12.8. The van der Waals surface area contributed by atoms with Crippen molar-refractivity contribution in [3.63, 3.8) is 0 Å². The molecule has 3 atom stereocenters. The number of aliphatic imine (C=N–C) groups is 3. The van der Waals surface area contributed by atoms with E-state index in [1.807, 2.05) is 24.3 Å². The molecule has 0 spiro atoms. The largest absolute Gasteiger partial charge is 0.495 e. The van der Waals surface area contributed by atoms with Gasteiger partial charge < -0.3 is 19.5 Å². The van der Waals surface area contributed by atoms with Gasteiger partial charge in [-0.2, -0.15) is 0 Å². The van der Waals surface area contributed by atoms with Gasteiger partial charge in [0, 0.05) is 69.4 Å². The Labute approximate surface area is 261 Å². The second kappa shape index (κ2) is 13.5. The van der Waals surface area contributed by atoms with Crippen molar-refractivity contribution in [3.8, 4) is 0 Å². The first-order valence-electron chi connectivity index (χ1n) is 16.0. The molecular weight excluding hydrogens is 581 g/mol. The maximum Gasteiger partial charge on any atom is 0.235 e. The highest BCUT2D eigenvalue weighted by Crippen LogP contribution is 2.38. The van der Waals surface area contributed by atoms with Crippen molar-refractivity contribution in [2.45, 2.75) is 62.3 Å².